The van der Waals surface area contributed by atoms with Crippen molar-refractivity contribution < 1.29 is 0 Å². The maximum absolute atomic E-state index is 6.09. The largest absolute Gasteiger partial charge is 0.312 e. The Hall–Kier alpha value is -0.570. The molecule has 0 bridgehead atoms. The smallest absolute Gasteiger partial charge is 0.0409 e. The van der Waals surface area contributed by atoms with Crippen LogP contribution in [0.1, 0.15) is 23.5 Å². The van der Waals surface area contributed by atoms with Crippen LogP contribution in [0.25, 0.3) is 0 Å². The Kier molecular flexibility index (Phi) is 2.88. The number of hydrogen-bond donors (Lipinski definition) is 1. The van der Waals surface area contributed by atoms with Crippen molar-refractivity contribution in [3.63, 3.8) is 0 Å². The molecule has 1 fully saturated rings. The minimum Gasteiger partial charge on any atom is -0.312 e. The first-order valence-electron chi connectivity index (χ1n) is 6.04. The summed E-state index contributed by atoms with van der Waals surface area (Å²) in [4.78, 5) is 2.53. The van der Waals surface area contributed by atoms with Gasteiger partial charge in [0.2, 0.25) is 0 Å². The summed E-state index contributed by atoms with van der Waals surface area (Å²) in [6, 6.07) is 6.31. The van der Waals surface area contributed by atoms with Gasteiger partial charge in [0.05, 0.1) is 0 Å². The first kappa shape index (κ1) is 10.6. The SMILES string of the molecule is Clc1ccc2c(c1)C(CN1CCC1)CNC2. The van der Waals surface area contributed by atoms with Gasteiger partial charge in [-0.2, -0.15) is 0 Å². The monoisotopic (exact) mass is 236 g/mol. The third kappa shape index (κ3) is 1.97. The minimum atomic E-state index is 0.614. The first-order chi connectivity index (χ1) is 7.83. The average molecular weight is 237 g/mol. The highest BCUT2D eigenvalue weighted by Crippen LogP contribution is 2.28. The average Bonchev–Trinajstić information content (AvgIpc) is 2.23. The number of fused-ring (bicyclic) bond motifs is 1. The van der Waals surface area contributed by atoms with E-state index in [1.807, 2.05) is 6.07 Å². The van der Waals surface area contributed by atoms with Gasteiger partial charge < -0.3 is 10.2 Å². The Morgan fingerprint density at radius 2 is 2.25 bits per heavy atom. The quantitative estimate of drug-likeness (QED) is 0.847. The number of nitrogens with one attached hydrogen (secondary N) is 1. The van der Waals surface area contributed by atoms with Crippen LogP contribution in [0.2, 0.25) is 5.02 Å². The number of nitrogens with zero attached hydrogens (tertiary/aromatic N) is 1. The Morgan fingerprint density at radius 3 is 3.00 bits per heavy atom. The Morgan fingerprint density at radius 1 is 1.38 bits per heavy atom. The molecule has 3 rings (SSSR count). The van der Waals surface area contributed by atoms with Crippen LogP contribution >= 0.6 is 11.6 Å². The molecule has 1 unspecified atom stereocenters. The first-order valence-corrected chi connectivity index (χ1v) is 6.42. The second kappa shape index (κ2) is 4.36. The van der Waals surface area contributed by atoms with E-state index < -0.39 is 0 Å². The van der Waals surface area contributed by atoms with Gasteiger partial charge in [0.15, 0.2) is 0 Å². The topological polar surface area (TPSA) is 15.3 Å². The summed E-state index contributed by atoms with van der Waals surface area (Å²) in [6.45, 7) is 5.80. The van der Waals surface area contributed by atoms with Gasteiger partial charge in [0.25, 0.3) is 0 Å². The summed E-state index contributed by atoms with van der Waals surface area (Å²) >= 11 is 6.09. The fraction of sp³-hybridized carbons (Fsp3) is 0.538. The van der Waals surface area contributed by atoms with Crippen molar-refractivity contribution in [3.8, 4) is 0 Å². The van der Waals surface area contributed by atoms with E-state index in [1.54, 1.807) is 0 Å². The second-order valence-corrected chi connectivity index (χ2v) is 5.26. The maximum Gasteiger partial charge on any atom is 0.0409 e. The van der Waals surface area contributed by atoms with Crippen molar-refractivity contribution in [3.05, 3.63) is 34.3 Å². The zero-order valence-corrected chi connectivity index (χ0v) is 10.1. The van der Waals surface area contributed by atoms with E-state index in [9.17, 15) is 0 Å². The summed E-state index contributed by atoms with van der Waals surface area (Å²) in [7, 11) is 0. The third-order valence-corrected chi connectivity index (χ3v) is 3.92. The number of halogens is 1. The Balaban J connectivity index is 1.83. The van der Waals surface area contributed by atoms with E-state index in [0.717, 1.165) is 18.1 Å². The van der Waals surface area contributed by atoms with Crippen LogP contribution in [0.3, 0.4) is 0 Å². The Labute approximate surface area is 102 Å². The van der Waals surface area contributed by atoms with Crippen LogP contribution in [-0.4, -0.2) is 31.1 Å². The fourth-order valence-electron chi connectivity index (χ4n) is 2.64. The van der Waals surface area contributed by atoms with Gasteiger partial charge in [-0.25, -0.2) is 0 Å². The molecule has 0 radical (unpaired) electrons. The molecular weight excluding hydrogens is 220 g/mol. The Bertz CT molecular complexity index is 388. The predicted molar refractivity (Wildman–Crippen MR) is 67.0 cm³/mol. The zero-order valence-electron chi connectivity index (χ0n) is 9.38. The van der Waals surface area contributed by atoms with E-state index in [-0.39, 0.29) is 0 Å². The lowest BCUT2D eigenvalue weighted by atomic mass is 9.90. The molecule has 0 saturated carbocycles. The molecule has 2 aliphatic rings. The number of rotatable bonds is 2. The lowest BCUT2D eigenvalue weighted by Crippen LogP contribution is -2.43. The summed E-state index contributed by atoms with van der Waals surface area (Å²) in [6.07, 6.45) is 1.36. The highest BCUT2D eigenvalue weighted by molar-refractivity contribution is 6.30. The molecule has 1 atom stereocenters. The predicted octanol–water partition coefficient (Wildman–Crippen LogP) is 2.23. The highest BCUT2D eigenvalue weighted by atomic mass is 35.5. The molecule has 1 N–H and O–H groups in total. The van der Waals surface area contributed by atoms with E-state index in [0.29, 0.717) is 5.92 Å². The van der Waals surface area contributed by atoms with Gasteiger partial charge >= 0.3 is 0 Å². The van der Waals surface area contributed by atoms with Crippen molar-refractivity contribution in [2.45, 2.75) is 18.9 Å². The molecule has 0 aliphatic carbocycles. The summed E-state index contributed by atoms with van der Waals surface area (Å²) < 4.78 is 0. The number of likely N-dealkylation sites (tertiary alicyclic amines) is 1. The van der Waals surface area contributed by atoms with Crippen LogP contribution in [0.15, 0.2) is 18.2 Å². The lowest BCUT2D eigenvalue weighted by Gasteiger charge is -2.36. The fourth-order valence-corrected chi connectivity index (χ4v) is 2.82. The number of hydrogen-bond acceptors (Lipinski definition) is 2. The van der Waals surface area contributed by atoms with E-state index >= 15 is 0 Å². The standard InChI is InChI=1S/C13H17ClN2/c14-12-3-2-10-7-15-8-11(13(10)6-12)9-16-4-1-5-16/h2-3,6,11,15H,1,4-5,7-9H2. The molecule has 16 heavy (non-hydrogen) atoms. The third-order valence-electron chi connectivity index (χ3n) is 3.68. The van der Waals surface area contributed by atoms with Crippen LogP contribution in [-0.2, 0) is 6.54 Å². The van der Waals surface area contributed by atoms with Gasteiger partial charge in [0, 0.05) is 30.6 Å². The molecule has 0 aromatic heterocycles. The molecule has 0 spiro atoms. The van der Waals surface area contributed by atoms with Crippen molar-refractivity contribution in [2.24, 2.45) is 0 Å². The second-order valence-electron chi connectivity index (χ2n) is 4.83. The van der Waals surface area contributed by atoms with Crippen LogP contribution in [0.5, 0.6) is 0 Å². The molecule has 1 aromatic rings. The van der Waals surface area contributed by atoms with Gasteiger partial charge in [-0.05, 0) is 42.8 Å². The lowest BCUT2D eigenvalue weighted by molar-refractivity contribution is 0.167. The molecule has 1 aromatic carbocycles. The normalized spacial score (nSPS) is 24.9. The van der Waals surface area contributed by atoms with Crippen LogP contribution in [0.4, 0.5) is 0 Å². The summed E-state index contributed by atoms with van der Waals surface area (Å²) in [5.41, 5.74) is 2.87. The maximum atomic E-state index is 6.09. The molecule has 3 heteroatoms. The molecule has 86 valence electrons. The van der Waals surface area contributed by atoms with Crippen molar-refractivity contribution in [1.82, 2.24) is 10.2 Å². The van der Waals surface area contributed by atoms with Gasteiger partial charge in [0.1, 0.15) is 0 Å². The van der Waals surface area contributed by atoms with E-state index in [2.05, 4.69) is 22.3 Å². The molecule has 2 nitrogen and oxygen atoms in total. The van der Waals surface area contributed by atoms with Crippen molar-refractivity contribution in [1.29, 1.82) is 0 Å². The van der Waals surface area contributed by atoms with Crippen molar-refractivity contribution in [2.75, 3.05) is 26.2 Å². The van der Waals surface area contributed by atoms with Gasteiger partial charge in [-0.1, -0.05) is 17.7 Å². The molecule has 0 amide bonds. The molecular formula is C13H17ClN2. The zero-order chi connectivity index (χ0) is 11.0. The van der Waals surface area contributed by atoms with E-state index in [4.69, 9.17) is 11.6 Å². The van der Waals surface area contributed by atoms with Crippen LogP contribution in [0, 0.1) is 0 Å². The summed E-state index contributed by atoms with van der Waals surface area (Å²) in [5, 5.41) is 4.36. The van der Waals surface area contributed by atoms with Crippen molar-refractivity contribution >= 4 is 11.6 Å². The number of benzene rings is 1. The van der Waals surface area contributed by atoms with Gasteiger partial charge in [-0.15, -0.1) is 0 Å². The molecule has 2 heterocycles. The summed E-state index contributed by atoms with van der Waals surface area (Å²) in [5.74, 6) is 0.614. The van der Waals surface area contributed by atoms with Gasteiger partial charge in [-0.3, -0.25) is 0 Å². The van der Waals surface area contributed by atoms with E-state index in [1.165, 1.54) is 37.2 Å². The minimum absolute atomic E-state index is 0.614. The molecule has 2 aliphatic heterocycles. The molecule has 1 saturated heterocycles. The van der Waals surface area contributed by atoms with Crippen LogP contribution < -0.4 is 5.32 Å². The highest BCUT2D eigenvalue weighted by Gasteiger charge is 2.24.